The molecule has 3 aromatic rings. The van der Waals surface area contributed by atoms with E-state index < -0.39 is 0 Å². The van der Waals surface area contributed by atoms with Gasteiger partial charge in [-0.3, -0.25) is 9.89 Å². The number of aromatic nitrogens is 3. The van der Waals surface area contributed by atoms with Gasteiger partial charge in [-0.25, -0.2) is 4.98 Å². The van der Waals surface area contributed by atoms with E-state index in [0.717, 1.165) is 26.9 Å². The normalized spacial score (nSPS) is 20.4. The molecule has 0 bridgehead atoms. The van der Waals surface area contributed by atoms with Crippen LogP contribution in [-0.2, 0) is 4.79 Å². The Balaban J connectivity index is 1.62. The molecule has 122 valence electrons. The number of fused-ring (bicyclic) bond motifs is 1. The first-order chi connectivity index (χ1) is 11.7. The molecule has 0 spiro atoms. The summed E-state index contributed by atoms with van der Waals surface area (Å²) in [4.78, 5) is 17.6. The minimum Gasteiger partial charge on any atom is -0.310 e. The first-order valence-electron chi connectivity index (χ1n) is 7.72. The molecule has 0 radical (unpaired) electrons. The van der Waals surface area contributed by atoms with Gasteiger partial charge in [0, 0.05) is 5.92 Å². The summed E-state index contributed by atoms with van der Waals surface area (Å²) in [6.45, 7) is 0. The number of amides is 1. The van der Waals surface area contributed by atoms with E-state index >= 15 is 0 Å². The third kappa shape index (κ3) is 2.98. The van der Waals surface area contributed by atoms with Crippen LogP contribution in [-0.4, -0.2) is 21.1 Å². The van der Waals surface area contributed by atoms with Crippen LogP contribution in [0.3, 0.4) is 0 Å². The largest absolute Gasteiger partial charge is 0.310 e. The lowest BCUT2D eigenvalue weighted by atomic mass is 9.82. The van der Waals surface area contributed by atoms with Gasteiger partial charge >= 0.3 is 0 Å². The Kier molecular flexibility index (Phi) is 4.36. The van der Waals surface area contributed by atoms with Crippen LogP contribution in [0.4, 0.5) is 5.82 Å². The zero-order valence-corrected chi connectivity index (χ0v) is 15.7. The molecule has 0 saturated heterocycles. The van der Waals surface area contributed by atoms with Crippen LogP contribution in [0.2, 0.25) is 0 Å². The van der Waals surface area contributed by atoms with Crippen LogP contribution in [0.25, 0.3) is 10.2 Å². The van der Waals surface area contributed by atoms with Crippen molar-refractivity contribution in [2.75, 3.05) is 5.32 Å². The summed E-state index contributed by atoms with van der Waals surface area (Å²) in [6, 6.07) is 8.12. The lowest BCUT2D eigenvalue weighted by Gasteiger charge is -2.25. The Labute approximate surface area is 156 Å². The van der Waals surface area contributed by atoms with Gasteiger partial charge in [0.25, 0.3) is 0 Å². The van der Waals surface area contributed by atoms with E-state index in [0.29, 0.717) is 5.82 Å². The molecule has 2 heterocycles. The van der Waals surface area contributed by atoms with Crippen molar-refractivity contribution in [2.24, 2.45) is 5.92 Å². The highest BCUT2D eigenvalue weighted by Gasteiger charge is 2.32. The zero-order valence-electron chi connectivity index (χ0n) is 12.7. The number of thiazole rings is 1. The number of para-hydroxylation sites is 1. The number of halogens is 1. The molecule has 0 aliphatic heterocycles. The molecule has 1 aliphatic rings. The SMILES string of the molecule is O=C(Nc1[nH]ncc1I)C1CC=CCC1c1nc2ccccc2s1. The van der Waals surface area contributed by atoms with Crippen molar-refractivity contribution >= 4 is 55.9 Å². The van der Waals surface area contributed by atoms with E-state index in [1.54, 1.807) is 17.5 Å². The first kappa shape index (κ1) is 15.8. The molecule has 2 unspecified atom stereocenters. The van der Waals surface area contributed by atoms with E-state index in [1.807, 2.05) is 18.2 Å². The predicted octanol–water partition coefficient (Wildman–Crippen LogP) is 4.31. The van der Waals surface area contributed by atoms with E-state index in [-0.39, 0.29) is 17.7 Å². The van der Waals surface area contributed by atoms with E-state index in [9.17, 15) is 4.79 Å². The quantitative estimate of drug-likeness (QED) is 0.462. The van der Waals surface area contributed by atoms with Gasteiger partial charge in [-0.15, -0.1) is 11.3 Å². The lowest BCUT2D eigenvalue weighted by molar-refractivity contribution is -0.120. The highest BCUT2D eigenvalue weighted by atomic mass is 127. The molecule has 7 heteroatoms. The molecule has 24 heavy (non-hydrogen) atoms. The number of H-pyrrole nitrogens is 1. The lowest BCUT2D eigenvalue weighted by Crippen LogP contribution is -2.29. The van der Waals surface area contributed by atoms with Crippen molar-refractivity contribution in [1.82, 2.24) is 15.2 Å². The van der Waals surface area contributed by atoms with Gasteiger partial charge in [-0.2, -0.15) is 5.10 Å². The number of nitrogens with zero attached hydrogens (tertiary/aromatic N) is 2. The number of hydrogen-bond acceptors (Lipinski definition) is 4. The second kappa shape index (κ2) is 6.64. The summed E-state index contributed by atoms with van der Waals surface area (Å²) >= 11 is 3.84. The van der Waals surface area contributed by atoms with Crippen LogP contribution in [0.5, 0.6) is 0 Å². The van der Waals surface area contributed by atoms with Crippen LogP contribution in [0.15, 0.2) is 42.6 Å². The van der Waals surface area contributed by atoms with Gasteiger partial charge in [0.15, 0.2) is 0 Å². The second-order valence-corrected chi connectivity index (χ2v) is 7.98. The van der Waals surface area contributed by atoms with Crippen molar-refractivity contribution in [3.05, 3.63) is 51.2 Å². The number of carbonyl (C=O) groups is 1. The van der Waals surface area contributed by atoms with E-state index in [2.05, 4.69) is 56.3 Å². The van der Waals surface area contributed by atoms with Gasteiger partial charge in [-0.1, -0.05) is 24.3 Å². The average Bonchev–Trinajstić information content (AvgIpc) is 3.21. The molecule has 1 aromatic carbocycles. The highest BCUT2D eigenvalue weighted by Crippen LogP contribution is 2.39. The monoisotopic (exact) mass is 450 g/mol. The van der Waals surface area contributed by atoms with Crippen molar-refractivity contribution in [3.8, 4) is 0 Å². The minimum atomic E-state index is -0.116. The number of rotatable bonds is 3. The van der Waals surface area contributed by atoms with Gasteiger partial charge < -0.3 is 5.32 Å². The summed E-state index contributed by atoms with van der Waals surface area (Å²) in [6.07, 6.45) is 7.52. The highest BCUT2D eigenvalue weighted by molar-refractivity contribution is 14.1. The number of nitrogens with one attached hydrogen (secondary N) is 2. The molecule has 0 saturated carbocycles. The average molecular weight is 450 g/mol. The van der Waals surface area contributed by atoms with Crippen molar-refractivity contribution in [2.45, 2.75) is 18.8 Å². The summed E-state index contributed by atoms with van der Waals surface area (Å²) in [5, 5.41) is 10.8. The third-order valence-electron chi connectivity index (χ3n) is 4.24. The van der Waals surface area contributed by atoms with Crippen LogP contribution < -0.4 is 5.32 Å². The van der Waals surface area contributed by atoms with Gasteiger partial charge in [0.1, 0.15) is 5.82 Å². The van der Waals surface area contributed by atoms with E-state index in [4.69, 9.17) is 4.98 Å². The molecular weight excluding hydrogens is 435 g/mol. The Bertz CT molecular complexity index is 883. The molecule has 2 N–H and O–H groups in total. The van der Waals surface area contributed by atoms with Gasteiger partial charge in [0.05, 0.1) is 30.9 Å². The maximum Gasteiger partial charge on any atom is 0.229 e. The summed E-state index contributed by atoms with van der Waals surface area (Å²) in [7, 11) is 0. The molecule has 1 amide bonds. The topological polar surface area (TPSA) is 70.7 Å². The number of carbonyl (C=O) groups excluding carboxylic acids is 1. The van der Waals surface area contributed by atoms with Crippen molar-refractivity contribution in [1.29, 1.82) is 0 Å². The fourth-order valence-corrected chi connectivity index (χ4v) is 4.54. The maximum atomic E-state index is 12.8. The first-order valence-corrected chi connectivity index (χ1v) is 9.62. The van der Waals surface area contributed by atoms with Crippen LogP contribution in [0, 0.1) is 9.49 Å². The van der Waals surface area contributed by atoms with Crippen molar-refractivity contribution < 1.29 is 4.79 Å². The Morgan fingerprint density at radius 1 is 1.29 bits per heavy atom. The summed E-state index contributed by atoms with van der Waals surface area (Å²) in [5.74, 6) is 0.687. The number of anilines is 1. The minimum absolute atomic E-state index is 0.0192. The molecule has 0 fully saturated rings. The fourth-order valence-electron chi connectivity index (χ4n) is 3.00. The standard InChI is InChI=1S/C17H15IN4OS/c18-12-9-19-22-15(12)21-16(23)10-5-1-2-6-11(10)17-20-13-7-3-4-8-14(13)24-17/h1-4,7-11H,5-6H2,(H2,19,21,22,23). The molecule has 2 aromatic heterocycles. The molecule has 5 nitrogen and oxygen atoms in total. The summed E-state index contributed by atoms with van der Waals surface area (Å²) < 4.78 is 2.08. The Morgan fingerprint density at radius 2 is 2.12 bits per heavy atom. The number of hydrogen-bond donors (Lipinski definition) is 2. The van der Waals surface area contributed by atoms with Crippen LogP contribution >= 0.6 is 33.9 Å². The molecule has 2 atom stereocenters. The molecule has 4 rings (SSSR count). The predicted molar refractivity (Wildman–Crippen MR) is 104 cm³/mol. The Morgan fingerprint density at radius 3 is 2.92 bits per heavy atom. The number of allylic oxidation sites excluding steroid dienone is 2. The second-order valence-electron chi connectivity index (χ2n) is 5.76. The number of benzene rings is 1. The van der Waals surface area contributed by atoms with Gasteiger partial charge in [0.2, 0.25) is 5.91 Å². The van der Waals surface area contributed by atoms with Crippen LogP contribution in [0.1, 0.15) is 23.8 Å². The Hall–Kier alpha value is -1.74. The van der Waals surface area contributed by atoms with E-state index in [1.165, 1.54) is 4.70 Å². The maximum absolute atomic E-state index is 12.8. The zero-order chi connectivity index (χ0) is 16.5. The van der Waals surface area contributed by atoms with Crippen molar-refractivity contribution in [3.63, 3.8) is 0 Å². The summed E-state index contributed by atoms with van der Waals surface area (Å²) in [5.41, 5.74) is 1.01. The number of aromatic amines is 1. The molecular formula is C17H15IN4OS. The fraction of sp³-hybridized carbons (Fsp3) is 0.235. The molecule has 1 aliphatic carbocycles. The van der Waals surface area contributed by atoms with Gasteiger partial charge in [-0.05, 0) is 47.6 Å². The smallest absolute Gasteiger partial charge is 0.229 e. The third-order valence-corrected chi connectivity index (χ3v) is 6.22.